The van der Waals surface area contributed by atoms with Crippen LogP contribution in [0.15, 0.2) is 11.5 Å². The molecule has 1 aliphatic carbocycles. The summed E-state index contributed by atoms with van der Waals surface area (Å²) in [7, 11) is 0. The third kappa shape index (κ3) is 2.17. The van der Waals surface area contributed by atoms with Gasteiger partial charge in [0.1, 0.15) is 11.2 Å². The van der Waals surface area contributed by atoms with E-state index in [1.807, 2.05) is 4.40 Å². The maximum Gasteiger partial charge on any atom is 0.260 e. The smallest absolute Gasteiger partial charge is 0.260 e. The molecule has 0 spiro atoms. The van der Waals surface area contributed by atoms with Crippen LogP contribution in [0.2, 0.25) is 0 Å². The number of nitrogens with zero attached hydrogens (tertiary/aromatic N) is 6. The Kier molecular flexibility index (Phi) is 3.26. The third-order valence-electron chi connectivity index (χ3n) is 4.61. The first-order valence-electron chi connectivity index (χ1n) is 8.05. The molecule has 1 amide bonds. The second kappa shape index (κ2) is 5.40. The molecule has 0 radical (unpaired) electrons. The SMILES string of the molecule is C[C@H]1CCc2sc3c(c2C1)c1ncnn1c1nnc(SCC(N)=O)n31. The molecule has 10 heteroatoms. The van der Waals surface area contributed by atoms with Crippen LogP contribution < -0.4 is 5.73 Å². The van der Waals surface area contributed by atoms with Gasteiger partial charge in [-0.3, -0.25) is 4.79 Å². The summed E-state index contributed by atoms with van der Waals surface area (Å²) in [4.78, 5) is 18.1. The van der Waals surface area contributed by atoms with E-state index in [0.717, 1.165) is 28.7 Å². The van der Waals surface area contributed by atoms with Crippen LogP contribution in [0, 0.1) is 5.92 Å². The average Bonchev–Trinajstić information content (AvgIpc) is 3.27. The number of amides is 1. The number of nitrogens with two attached hydrogens (primary N) is 1. The van der Waals surface area contributed by atoms with Crippen LogP contribution in [0.5, 0.6) is 0 Å². The molecule has 2 N–H and O–H groups in total. The zero-order valence-electron chi connectivity index (χ0n) is 13.5. The van der Waals surface area contributed by atoms with Crippen molar-refractivity contribution in [2.24, 2.45) is 11.7 Å². The van der Waals surface area contributed by atoms with Crippen LogP contribution in [0.4, 0.5) is 0 Å². The number of carbonyl (C=O) groups excluding carboxylic acids is 1. The molecule has 4 aromatic rings. The summed E-state index contributed by atoms with van der Waals surface area (Å²) in [6, 6.07) is 0. The number of aromatic nitrogens is 6. The molecule has 0 aliphatic heterocycles. The van der Waals surface area contributed by atoms with E-state index in [2.05, 4.69) is 27.2 Å². The van der Waals surface area contributed by atoms with Gasteiger partial charge >= 0.3 is 0 Å². The van der Waals surface area contributed by atoms with Gasteiger partial charge in [0, 0.05) is 4.88 Å². The fraction of sp³-hybridized carbons (Fsp3) is 0.400. The number of primary amides is 1. The molecule has 0 aromatic carbocycles. The van der Waals surface area contributed by atoms with Gasteiger partial charge in [-0.2, -0.15) is 9.61 Å². The second-order valence-corrected chi connectivity index (χ2v) is 8.43. The lowest BCUT2D eigenvalue weighted by molar-refractivity contribution is -0.115. The summed E-state index contributed by atoms with van der Waals surface area (Å²) in [6.07, 6.45) is 4.90. The molecule has 4 heterocycles. The van der Waals surface area contributed by atoms with Crippen LogP contribution in [0.1, 0.15) is 23.8 Å². The molecule has 0 saturated carbocycles. The maximum absolute atomic E-state index is 11.2. The molecular formula is C15H15N7OS2. The molecule has 5 rings (SSSR count). The Morgan fingerprint density at radius 2 is 2.36 bits per heavy atom. The number of hydrogen-bond donors (Lipinski definition) is 1. The quantitative estimate of drug-likeness (QED) is 0.548. The van der Waals surface area contributed by atoms with Crippen molar-refractivity contribution in [2.45, 2.75) is 31.3 Å². The summed E-state index contributed by atoms with van der Waals surface area (Å²) < 4.78 is 3.72. The highest BCUT2D eigenvalue weighted by Gasteiger charge is 2.26. The zero-order valence-corrected chi connectivity index (χ0v) is 15.1. The van der Waals surface area contributed by atoms with Gasteiger partial charge in [-0.1, -0.05) is 18.7 Å². The minimum absolute atomic E-state index is 0.166. The van der Waals surface area contributed by atoms with Crippen LogP contribution in [0.25, 0.3) is 21.6 Å². The molecular weight excluding hydrogens is 358 g/mol. The van der Waals surface area contributed by atoms with E-state index in [-0.39, 0.29) is 11.7 Å². The topological polar surface area (TPSA) is 103 Å². The molecule has 8 nitrogen and oxygen atoms in total. The maximum atomic E-state index is 11.2. The van der Waals surface area contributed by atoms with Crippen molar-refractivity contribution >= 4 is 50.6 Å². The highest BCUT2D eigenvalue weighted by molar-refractivity contribution is 7.99. The minimum Gasteiger partial charge on any atom is -0.369 e. The van der Waals surface area contributed by atoms with Gasteiger partial charge in [0.2, 0.25) is 5.91 Å². The molecule has 128 valence electrons. The molecule has 0 unspecified atom stereocenters. The van der Waals surface area contributed by atoms with Crippen molar-refractivity contribution in [3.8, 4) is 0 Å². The highest BCUT2D eigenvalue weighted by Crippen LogP contribution is 2.40. The summed E-state index contributed by atoms with van der Waals surface area (Å²) >= 11 is 3.07. The summed E-state index contributed by atoms with van der Waals surface area (Å²) in [5.41, 5.74) is 7.49. The van der Waals surface area contributed by atoms with E-state index in [1.54, 1.807) is 22.2 Å². The Hall–Kier alpha value is -2.20. The summed E-state index contributed by atoms with van der Waals surface area (Å²) in [6.45, 7) is 2.29. The second-order valence-electron chi connectivity index (χ2n) is 6.40. The van der Waals surface area contributed by atoms with Gasteiger partial charge in [-0.15, -0.1) is 21.5 Å². The van der Waals surface area contributed by atoms with Crippen molar-refractivity contribution < 1.29 is 4.79 Å². The van der Waals surface area contributed by atoms with E-state index in [9.17, 15) is 4.79 Å². The number of hydrogen-bond acceptors (Lipinski definition) is 7. The first kappa shape index (κ1) is 15.1. The number of rotatable bonds is 3. The van der Waals surface area contributed by atoms with E-state index in [4.69, 9.17) is 5.73 Å². The lowest BCUT2D eigenvalue weighted by Crippen LogP contribution is -2.13. The van der Waals surface area contributed by atoms with E-state index < -0.39 is 0 Å². The molecule has 1 atom stereocenters. The standard InChI is InChI=1S/C15H15N7OS2/c1-7-2-3-9-8(4-7)11-12-17-6-18-22(12)14-19-20-15(24-5-10(16)23)21(14)13(11)25-9/h6-7H,2-5H2,1H3,(H2,16,23)/t7-/m0/s1. The van der Waals surface area contributed by atoms with E-state index in [1.165, 1.54) is 28.6 Å². The average molecular weight is 373 g/mol. The van der Waals surface area contributed by atoms with Gasteiger partial charge in [0.25, 0.3) is 5.78 Å². The number of thiophene rings is 1. The van der Waals surface area contributed by atoms with Crippen molar-refractivity contribution in [1.29, 1.82) is 0 Å². The van der Waals surface area contributed by atoms with Crippen LogP contribution in [-0.4, -0.2) is 40.9 Å². The van der Waals surface area contributed by atoms with Gasteiger partial charge in [-0.05, 0) is 30.7 Å². The monoisotopic (exact) mass is 373 g/mol. The first-order chi connectivity index (χ1) is 12.1. The van der Waals surface area contributed by atoms with Crippen molar-refractivity contribution in [3.63, 3.8) is 0 Å². The van der Waals surface area contributed by atoms with Gasteiger partial charge in [-0.25, -0.2) is 9.38 Å². The largest absolute Gasteiger partial charge is 0.369 e. The molecule has 0 fully saturated rings. The predicted octanol–water partition coefficient (Wildman–Crippen LogP) is 1.69. The van der Waals surface area contributed by atoms with Gasteiger partial charge in [0.05, 0.1) is 11.1 Å². The van der Waals surface area contributed by atoms with Crippen molar-refractivity contribution in [2.75, 3.05) is 5.75 Å². The number of thioether (sulfide) groups is 1. The predicted molar refractivity (Wildman–Crippen MR) is 96.0 cm³/mol. The van der Waals surface area contributed by atoms with E-state index >= 15 is 0 Å². The fourth-order valence-electron chi connectivity index (χ4n) is 3.50. The Morgan fingerprint density at radius 1 is 1.48 bits per heavy atom. The Morgan fingerprint density at radius 3 is 3.20 bits per heavy atom. The van der Waals surface area contributed by atoms with Crippen LogP contribution in [-0.2, 0) is 17.6 Å². The third-order valence-corrected chi connectivity index (χ3v) is 6.84. The molecule has 0 saturated heterocycles. The van der Waals surface area contributed by atoms with Crippen LogP contribution in [0.3, 0.4) is 0 Å². The Labute approximate surface area is 150 Å². The van der Waals surface area contributed by atoms with Gasteiger partial charge in [0.15, 0.2) is 10.8 Å². The lowest BCUT2D eigenvalue weighted by Gasteiger charge is -2.17. The highest BCUT2D eigenvalue weighted by atomic mass is 32.2. The van der Waals surface area contributed by atoms with E-state index in [0.29, 0.717) is 16.9 Å². The normalized spacial score (nSPS) is 17.6. The fourth-order valence-corrected chi connectivity index (χ4v) is 5.56. The first-order valence-corrected chi connectivity index (χ1v) is 9.86. The van der Waals surface area contributed by atoms with Crippen molar-refractivity contribution in [1.82, 2.24) is 29.2 Å². The molecule has 25 heavy (non-hydrogen) atoms. The Balaban J connectivity index is 1.87. The summed E-state index contributed by atoms with van der Waals surface area (Å²) in [5, 5.41) is 14.7. The minimum atomic E-state index is -0.376. The molecule has 0 bridgehead atoms. The van der Waals surface area contributed by atoms with Crippen LogP contribution >= 0.6 is 23.1 Å². The van der Waals surface area contributed by atoms with Crippen molar-refractivity contribution in [3.05, 3.63) is 16.8 Å². The van der Waals surface area contributed by atoms with Gasteiger partial charge < -0.3 is 5.73 Å². The number of aryl methyl sites for hydroxylation is 1. The Bertz CT molecular complexity index is 1140. The number of carbonyl (C=O) groups is 1. The molecule has 4 aromatic heterocycles. The molecule has 1 aliphatic rings. The lowest BCUT2D eigenvalue weighted by atomic mass is 9.89. The number of fused-ring (bicyclic) bond motifs is 8. The summed E-state index contributed by atoms with van der Waals surface area (Å²) in [5.74, 6) is 1.06. The zero-order chi connectivity index (χ0) is 17.1.